The van der Waals surface area contributed by atoms with Crippen molar-refractivity contribution in [3.05, 3.63) is 70.0 Å². The highest BCUT2D eigenvalue weighted by molar-refractivity contribution is 8.17. The molecule has 6 nitrogen and oxygen atoms in total. The number of aliphatic imine (C=N–C) groups is 1. The number of methoxy groups -OCH3 is 1. The molecular formula is C20H16N4O2S. The number of amidine groups is 1. The summed E-state index contributed by atoms with van der Waals surface area (Å²) in [7, 11) is 1.35. The van der Waals surface area contributed by atoms with Gasteiger partial charge in [-0.05, 0) is 35.0 Å². The summed E-state index contributed by atoms with van der Waals surface area (Å²) in [6, 6.07) is 15.5. The van der Waals surface area contributed by atoms with E-state index in [1.54, 1.807) is 11.8 Å². The molecular weight excluding hydrogens is 360 g/mol. The van der Waals surface area contributed by atoms with Gasteiger partial charge in [0.1, 0.15) is 16.8 Å². The van der Waals surface area contributed by atoms with E-state index < -0.39 is 12.0 Å². The molecule has 2 aromatic rings. The predicted molar refractivity (Wildman–Crippen MR) is 105 cm³/mol. The lowest BCUT2D eigenvalue weighted by Gasteiger charge is -2.35. The fourth-order valence-electron chi connectivity index (χ4n) is 3.49. The minimum atomic E-state index is -0.519. The first-order chi connectivity index (χ1) is 13.1. The van der Waals surface area contributed by atoms with E-state index in [-0.39, 0.29) is 0 Å². The van der Waals surface area contributed by atoms with Gasteiger partial charge in [-0.15, -0.1) is 0 Å². The molecule has 2 aromatic carbocycles. The van der Waals surface area contributed by atoms with Crippen molar-refractivity contribution < 1.29 is 9.53 Å². The van der Waals surface area contributed by atoms with Gasteiger partial charge in [-0.1, -0.05) is 42.5 Å². The predicted octanol–water partition coefficient (Wildman–Crippen LogP) is 3.40. The Kier molecular flexibility index (Phi) is 4.13. The molecule has 0 unspecified atom stereocenters. The molecule has 27 heavy (non-hydrogen) atoms. The molecule has 7 heteroatoms. The van der Waals surface area contributed by atoms with Crippen LogP contribution in [0, 0.1) is 11.3 Å². The number of hydrogen-bond acceptors (Lipinski definition) is 7. The van der Waals surface area contributed by atoms with Crippen LogP contribution in [-0.2, 0) is 9.53 Å². The molecule has 0 bridgehead atoms. The summed E-state index contributed by atoms with van der Waals surface area (Å²) in [5, 5.41) is 12.0. The van der Waals surface area contributed by atoms with Gasteiger partial charge in [0.05, 0.1) is 24.4 Å². The quantitative estimate of drug-likeness (QED) is 0.808. The summed E-state index contributed by atoms with van der Waals surface area (Å²) in [6.45, 7) is 1.77. The molecule has 0 fully saturated rings. The van der Waals surface area contributed by atoms with Crippen molar-refractivity contribution in [1.29, 1.82) is 5.26 Å². The van der Waals surface area contributed by atoms with E-state index in [9.17, 15) is 10.1 Å². The van der Waals surface area contributed by atoms with Crippen molar-refractivity contribution in [3.63, 3.8) is 0 Å². The monoisotopic (exact) mass is 376 g/mol. The van der Waals surface area contributed by atoms with Crippen LogP contribution in [0.25, 0.3) is 10.8 Å². The molecule has 0 spiro atoms. The minimum Gasteiger partial charge on any atom is -0.466 e. The molecule has 2 heterocycles. The van der Waals surface area contributed by atoms with Crippen LogP contribution < -0.4 is 5.73 Å². The van der Waals surface area contributed by atoms with E-state index in [0.29, 0.717) is 27.2 Å². The summed E-state index contributed by atoms with van der Waals surface area (Å²) in [5.74, 6) is -0.162. The Morgan fingerprint density at radius 3 is 2.78 bits per heavy atom. The number of rotatable bonds is 2. The van der Waals surface area contributed by atoms with Crippen LogP contribution in [0.5, 0.6) is 0 Å². The first-order valence-electron chi connectivity index (χ1n) is 8.29. The van der Waals surface area contributed by atoms with Gasteiger partial charge in [0.25, 0.3) is 0 Å². The van der Waals surface area contributed by atoms with Crippen molar-refractivity contribution in [2.75, 3.05) is 7.11 Å². The van der Waals surface area contributed by atoms with E-state index in [1.807, 2.05) is 42.5 Å². The van der Waals surface area contributed by atoms with Crippen LogP contribution >= 0.6 is 11.8 Å². The highest BCUT2D eigenvalue weighted by Gasteiger charge is 2.42. The van der Waals surface area contributed by atoms with Crippen LogP contribution in [0.15, 0.2) is 69.5 Å². The highest BCUT2D eigenvalue weighted by atomic mass is 32.2. The third-order valence-electron chi connectivity index (χ3n) is 4.70. The maximum atomic E-state index is 12.6. The van der Waals surface area contributed by atoms with Gasteiger partial charge in [-0.25, -0.2) is 9.79 Å². The maximum absolute atomic E-state index is 12.6. The van der Waals surface area contributed by atoms with Gasteiger partial charge in [0, 0.05) is 0 Å². The zero-order chi connectivity index (χ0) is 19.1. The topological polar surface area (TPSA) is 91.7 Å². The zero-order valence-corrected chi connectivity index (χ0v) is 15.6. The van der Waals surface area contributed by atoms with Crippen molar-refractivity contribution in [2.45, 2.75) is 13.0 Å². The second-order valence-electron chi connectivity index (χ2n) is 6.15. The number of thioether (sulfide) groups is 1. The number of carbonyl (C=O) groups is 1. The van der Waals surface area contributed by atoms with E-state index in [0.717, 1.165) is 16.3 Å². The molecule has 0 saturated carbocycles. The summed E-state index contributed by atoms with van der Waals surface area (Å²) in [4.78, 5) is 19.3. The lowest BCUT2D eigenvalue weighted by atomic mass is 9.90. The molecule has 0 saturated heterocycles. The Morgan fingerprint density at radius 1 is 1.30 bits per heavy atom. The van der Waals surface area contributed by atoms with Gasteiger partial charge in [0.2, 0.25) is 0 Å². The number of benzene rings is 2. The lowest BCUT2D eigenvalue weighted by Crippen LogP contribution is -2.38. The van der Waals surface area contributed by atoms with Gasteiger partial charge >= 0.3 is 5.97 Å². The third kappa shape index (κ3) is 2.57. The lowest BCUT2D eigenvalue weighted by molar-refractivity contribution is -0.136. The normalized spacial score (nSPS) is 19.1. The van der Waals surface area contributed by atoms with Gasteiger partial charge in [-0.3, -0.25) is 4.90 Å². The second kappa shape index (κ2) is 6.49. The molecule has 1 atom stereocenters. The van der Waals surface area contributed by atoms with Crippen LogP contribution in [0.1, 0.15) is 18.5 Å². The van der Waals surface area contributed by atoms with Crippen molar-refractivity contribution in [1.82, 2.24) is 4.90 Å². The van der Waals surface area contributed by atoms with Crippen LogP contribution in [-0.4, -0.2) is 23.1 Å². The zero-order valence-electron chi connectivity index (χ0n) is 14.8. The SMILES string of the molecule is COC(=O)C1=C(C)N=C2SC(C#N)=C(N)N2[C@H]1c1cccc2ccccc12. The van der Waals surface area contributed by atoms with Gasteiger partial charge in [0.15, 0.2) is 5.17 Å². The Bertz CT molecular complexity index is 1110. The Hall–Kier alpha value is -3.24. The number of carbonyl (C=O) groups excluding carboxylic acids is 1. The smallest absolute Gasteiger partial charge is 0.338 e. The molecule has 0 amide bonds. The van der Waals surface area contributed by atoms with E-state index in [4.69, 9.17) is 10.5 Å². The van der Waals surface area contributed by atoms with E-state index >= 15 is 0 Å². The van der Waals surface area contributed by atoms with Crippen LogP contribution in [0.2, 0.25) is 0 Å². The van der Waals surface area contributed by atoms with Gasteiger partial charge < -0.3 is 10.5 Å². The number of fused-ring (bicyclic) bond motifs is 2. The number of allylic oxidation sites excluding steroid dienone is 2. The Morgan fingerprint density at radius 2 is 2.04 bits per heavy atom. The average molecular weight is 376 g/mol. The number of hydrogen-bond donors (Lipinski definition) is 1. The van der Waals surface area contributed by atoms with Crippen molar-refractivity contribution >= 4 is 33.7 Å². The number of ether oxygens (including phenoxy) is 1. The molecule has 2 aliphatic rings. The van der Waals surface area contributed by atoms with Gasteiger partial charge in [-0.2, -0.15) is 5.26 Å². The molecule has 2 aliphatic heterocycles. The van der Waals surface area contributed by atoms with Crippen LogP contribution in [0.3, 0.4) is 0 Å². The van der Waals surface area contributed by atoms with Crippen LogP contribution in [0.4, 0.5) is 0 Å². The molecule has 0 radical (unpaired) electrons. The number of nitrogens with two attached hydrogens (primary N) is 1. The number of esters is 1. The fraction of sp³-hybridized carbons (Fsp3) is 0.150. The van der Waals surface area contributed by atoms with Crippen molar-refractivity contribution in [2.24, 2.45) is 10.7 Å². The summed E-state index contributed by atoms with van der Waals surface area (Å²) in [6.07, 6.45) is 0. The molecule has 0 aliphatic carbocycles. The standard InChI is InChI=1S/C20H16N4O2S/c1-11-16(19(25)26-2)17(24-18(22)15(10-21)27-20(24)23-11)14-9-5-7-12-6-3-4-8-13(12)14/h3-9,17H,22H2,1-2H3/t17-/m0/s1. The Labute approximate surface area is 160 Å². The molecule has 134 valence electrons. The van der Waals surface area contributed by atoms with E-state index in [2.05, 4.69) is 11.1 Å². The number of nitriles is 1. The molecule has 4 rings (SSSR count). The molecule has 0 aromatic heterocycles. The third-order valence-corrected chi connectivity index (χ3v) is 5.68. The summed E-state index contributed by atoms with van der Waals surface area (Å²) >= 11 is 1.21. The minimum absolute atomic E-state index is 0.299. The summed E-state index contributed by atoms with van der Waals surface area (Å²) in [5.41, 5.74) is 8.16. The first kappa shape index (κ1) is 17.2. The van der Waals surface area contributed by atoms with Crippen molar-refractivity contribution in [3.8, 4) is 6.07 Å². The maximum Gasteiger partial charge on any atom is 0.338 e. The fourth-order valence-corrected chi connectivity index (χ4v) is 4.41. The van der Waals surface area contributed by atoms with E-state index in [1.165, 1.54) is 18.9 Å². The Balaban J connectivity index is 2.01. The highest BCUT2D eigenvalue weighted by Crippen LogP contribution is 2.46. The average Bonchev–Trinajstić information content (AvgIpc) is 3.01. The number of nitrogens with zero attached hydrogens (tertiary/aromatic N) is 3. The molecule has 2 N–H and O–H groups in total. The largest absolute Gasteiger partial charge is 0.466 e. The second-order valence-corrected chi connectivity index (χ2v) is 7.13. The first-order valence-corrected chi connectivity index (χ1v) is 9.10. The summed E-state index contributed by atoms with van der Waals surface area (Å²) < 4.78 is 5.04.